The molecule has 3 amide bonds. The summed E-state index contributed by atoms with van der Waals surface area (Å²) in [5, 5.41) is 15.7. The van der Waals surface area contributed by atoms with E-state index in [0.29, 0.717) is 5.69 Å². The molecule has 2 N–H and O–H groups in total. The highest BCUT2D eigenvalue weighted by Gasteiger charge is 2.21. The average molecular weight is 378 g/mol. The third-order valence-electron chi connectivity index (χ3n) is 4.17. The van der Waals surface area contributed by atoms with E-state index in [4.69, 9.17) is 4.74 Å². The number of carbonyl (C=O) groups excluding carboxylic acids is 3. The Hall–Kier alpha value is -3.17. The van der Waals surface area contributed by atoms with E-state index in [1.807, 2.05) is 0 Å². The number of nitro benzene ring substituents is 1. The molecule has 0 unspecified atom stereocenters. The van der Waals surface area contributed by atoms with Gasteiger partial charge < -0.3 is 15.0 Å². The second-order valence-corrected chi connectivity index (χ2v) is 6.43. The number of esters is 1. The molecule has 27 heavy (non-hydrogen) atoms. The molecule has 2 rings (SSSR count). The quantitative estimate of drug-likeness (QED) is 0.436. The van der Waals surface area contributed by atoms with E-state index in [9.17, 15) is 24.5 Å². The van der Waals surface area contributed by atoms with E-state index in [1.54, 1.807) is 19.0 Å². The second kappa shape index (κ2) is 8.97. The molecule has 146 valence electrons. The molecule has 0 aliphatic heterocycles. The predicted octanol–water partition coefficient (Wildman–Crippen LogP) is 1.59. The third kappa shape index (κ3) is 5.66. The van der Waals surface area contributed by atoms with Gasteiger partial charge >= 0.3 is 12.0 Å². The van der Waals surface area contributed by atoms with Crippen LogP contribution in [0.25, 0.3) is 0 Å². The minimum absolute atomic E-state index is 0.0441. The molecule has 10 heteroatoms. The van der Waals surface area contributed by atoms with Crippen LogP contribution in [0.2, 0.25) is 0 Å². The van der Waals surface area contributed by atoms with Gasteiger partial charge in [0.1, 0.15) is 0 Å². The first kappa shape index (κ1) is 20.1. The predicted molar refractivity (Wildman–Crippen MR) is 96.6 cm³/mol. The molecule has 0 saturated heterocycles. The van der Waals surface area contributed by atoms with Gasteiger partial charge in [-0.2, -0.15) is 0 Å². The number of hydrogen-bond donors (Lipinski definition) is 2. The SMILES string of the molecule is CN(C)c1ccc([N+](=O)[O-])cc1C(=O)OCC(=O)NC(=O)NC1CCCC1. The molecule has 1 aliphatic carbocycles. The van der Waals surface area contributed by atoms with Crippen LogP contribution in [-0.2, 0) is 9.53 Å². The van der Waals surface area contributed by atoms with Crippen molar-refractivity contribution in [1.82, 2.24) is 10.6 Å². The van der Waals surface area contributed by atoms with Crippen LogP contribution < -0.4 is 15.5 Å². The fourth-order valence-electron chi connectivity index (χ4n) is 2.85. The van der Waals surface area contributed by atoms with Crippen LogP contribution in [0.3, 0.4) is 0 Å². The fourth-order valence-corrected chi connectivity index (χ4v) is 2.85. The summed E-state index contributed by atoms with van der Waals surface area (Å²) in [6.07, 6.45) is 3.81. The largest absolute Gasteiger partial charge is 0.452 e. The van der Waals surface area contributed by atoms with Gasteiger partial charge in [-0.1, -0.05) is 12.8 Å². The Morgan fingerprint density at radius 1 is 1.26 bits per heavy atom. The molecule has 0 spiro atoms. The number of anilines is 1. The normalized spacial score (nSPS) is 13.7. The van der Waals surface area contributed by atoms with Gasteiger partial charge in [0.2, 0.25) is 0 Å². The maximum Gasteiger partial charge on any atom is 0.341 e. The number of imide groups is 1. The van der Waals surface area contributed by atoms with Crippen molar-refractivity contribution in [3.05, 3.63) is 33.9 Å². The molecule has 1 aliphatic rings. The maximum atomic E-state index is 12.3. The Morgan fingerprint density at radius 3 is 2.52 bits per heavy atom. The first-order chi connectivity index (χ1) is 12.8. The van der Waals surface area contributed by atoms with Crippen LogP contribution in [0, 0.1) is 10.1 Å². The molecule has 0 radical (unpaired) electrons. The summed E-state index contributed by atoms with van der Waals surface area (Å²) in [7, 11) is 3.33. The van der Waals surface area contributed by atoms with Crippen LogP contribution in [0.4, 0.5) is 16.2 Å². The number of nitrogens with one attached hydrogen (secondary N) is 2. The Morgan fingerprint density at radius 2 is 1.93 bits per heavy atom. The van der Waals surface area contributed by atoms with E-state index in [-0.39, 0.29) is 17.3 Å². The van der Waals surface area contributed by atoms with Crippen LogP contribution in [0.15, 0.2) is 18.2 Å². The smallest absolute Gasteiger partial charge is 0.341 e. The van der Waals surface area contributed by atoms with E-state index in [1.165, 1.54) is 12.1 Å². The number of carbonyl (C=O) groups is 3. The summed E-state index contributed by atoms with van der Waals surface area (Å²) in [6.45, 7) is -0.674. The van der Waals surface area contributed by atoms with Gasteiger partial charge in [0, 0.05) is 32.3 Å². The number of rotatable bonds is 6. The summed E-state index contributed by atoms with van der Waals surface area (Å²) >= 11 is 0. The van der Waals surface area contributed by atoms with Crippen LogP contribution in [-0.4, -0.2) is 49.6 Å². The first-order valence-electron chi connectivity index (χ1n) is 8.51. The third-order valence-corrected chi connectivity index (χ3v) is 4.17. The molecule has 0 bridgehead atoms. The zero-order valence-corrected chi connectivity index (χ0v) is 15.2. The molecular weight excluding hydrogens is 356 g/mol. The summed E-state index contributed by atoms with van der Waals surface area (Å²) in [6, 6.07) is 3.19. The number of urea groups is 1. The van der Waals surface area contributed by atoms with Gasteiger partial charge in [-0.25, -0.2) is 9.59 Å². The number of benzene rings is 1. The topological polar surface area (TPSA) is 131 Å². The van der Waals surface area contributed by atoms with Crippen LogP contribution in [0.1, 0.15) is 36.0 Å². The average Bonchev–Trinajstić information content (AvgIpc) is 3.11. The molecule has 1 saturated carbocycles. The molecule has 1 aromatic rings. The lowest BCUT2D eigenvalue weighted by atomic mass is 10.1. The van der Waals surface area contributed by atoms with Crippen molar-refractivity contribution < 1.29 is 24.0 Å². The zero-order chi connectivity index (χ0) is 20.0. The second-order valence-electron chi connectivity index (χ2n) is 6.43. The van der Waals surface area contributed by atoms with Crippen LogP contribution in [0.5, 0.6) is 0 Å². The van der Waals surface area contributed by atoms with Gasteiger partial charge in [0.15, 0.2) is 6.61 Å². The van der Waals surface area contributed by atoms with Crippen molar-refractivity contribution >= 4 is 29.3 Å². The lowest BCUT2D eigenvalue weighted by Gasteiger charge is -2.16. The summed E-state index contributed by atoms with van der Waals surface area (Å²) in [4.78, 5) is 47.7. The standard InChI is InChI=1S/C17H22N4O6/c1-20(2)14-8-7-12(21(25)26)9-13(14)16(23)27-10-15(22)19-17(24)18-11-5-3-4-6-11/h7-9,11H,3-6,10H2,1-2H3,(H2,18,19,22,24). The maximum absolute atomic E-state index is 12.3. The minimum Gasteiger partial charge on any atom is -0.452 e. The van der Waals surface area contributed by atoms with Gasteiger partial charge in [-0.15, -0.1) is 0 Å². The van der Waals surface area contributed by atoms with E-state index >= 15 is 0 Å². The molecule has 10 nitrogen and oxygen atoms in total. The molecular formula is C17H22N4O6. The highest BCUT2D eigenvalue weighted by molar-refractivity contribution is 5.99. The Labute approximate surface area is 156 Å². The van der Waals surface area contributed by atoms with E-state index in [2.05, 4.69) is 10.6 Å². The number of ether oxygens (including phenoxy) is 1. The number of hydrogen-bond acceptors (Lipinski definition) is 7. The lowest BCUT2D eigenvalue weighted by Crippen LogP contribution is -2.45. The van der Waals surface area contributed by atoms with E-state index < -0.39 is 29.4 Å². The highest BCUT2D eigenvalue weighted by atomic mass is 16.6. The van der Waals surface area contributed by atoms with Crippen molar-refractivity contribution in [3.8, 4) is 0 Å². The van der Waals surface area contributed by atoms with E-state index in [0.717, 1.165) is 31.7 Å². The van der Waals surface area contributed by atoms with Gasteiger partial charge in [0.25, 0.3) is 11.6 Å². The first-order valence-corrected chi connectivity index (χ1v) is 8.51. The van der Waals surface area contributed by atoms with Crippen molar-refractivity contribution in [2.45, 2.75) is 31.7 Å². The van der Waals surface area contributed by atoms with Crippen LogP contribution >= 0.6 is 0 Å². The number of non-ortho nitro benzene ring substituents is 1. The van der Waals surface area contributed by atoms with Crippen molar-refractivity contribution in [2.24, 2.45) is 0 Å². The minimum atomic E-state index is -0.895. The van der Waals surface area contributed by atoms with Gasteiger partial charge in [-0.3, -0.25) is 20.2 Å². The highest BCUT2D eigenvalue weighted by Crippen LogP contribution is 2.25. The zero-order valence-electron chi connectivity index (χ0n) is 15.2. The molecule has 1 aromatic carbocycles. The monoisotopic (exact) mass is 378 g/mol. The Kier molecular flexibility index (Phi) is 6.69. The lowest BCUT2D eigenvalue weighted by molar-refractivity contribution is -0.384. The number of amides is 3. The van der Waals surface area contributed by atoms with Gasteiger partial charge in [0.05, 0.1) is 16.2 Å². The van der Waals surface area contributed by atoms with Crippen molar-refractivity contribution in [2.75, 3.05) is 25.6 Å². The Bertz CT molecular complexity index is 743. The van der Waals surface area contributed by atoms with Crippen molar-refractivity contribution in [3.63, 3.8) is 0 Å². The van der Waals surface area contributed by atoms with Gasteiger partial charge in [-0.05, 0) is 18.9 Å². The summed E-state index contributed by atoms with van der Waals surface area (Å²) < 4.78 is 4.91. The summed E-state index contributed by atoms with van der Waals surface area (Å²) in [5.74, 6) is -1.68. The number of nitro groups is 1. The molecule has 1 fully saturated rings. The summed E-state index contributed by atoms with van der Waals surface area (Å²) in [5.41, 5.74) is 0.0929. The Balaban J connectivity index is 1.94. The molecule has 0 atom stereocenters. The molecule has 0 heterocycles. The molecule has 0 aromatic heterocycles. The van der Waals surface area contributed by atoms with Crippen molar-refractivity contribution in [1.29, 1.82) is 0 Å². The number of nitrogens with zero attached hydrogens (tertiary/aromatic N) is 2. The fraction of sp³-hybridized carbons (Fsp3) is 0.471.